The van der Waals surface area contributed by atoms with Gasteiger partial charge in [0.2, 0.25) is 0 Å². The van der Waals surface area contributed by atoms with Gasteiger partial charge in [0.1, 0.15) is 6.54 Å². The summed E-state index contributed by atoms with van der Waals surface area (Å²) in [5.41, 5.74) is 3.80. The number of carbonyl (C=O) groups is 1. The van der Waals surface area contributed by atoms with Gasteiger partial charge in [-0.25, -0.2) is 15.2 Å². The van der Waals surface area contributed by atoms with E-state index in [2.05, 4.69) is 15.5 Å². The predicted octanol–water partition coefficient (Wildman–Crippen LogP) is -0.108. The van der Waals surface area contributed by atoms with E-state index in [4.69, 9.17) is 0 Å². The van der Waals surface area contributed by atoms with Crippen molar-refractivity contribution < 1.29 is 4.79 Å². The number of nitrogens with zero attached hydrogens (tertiary/aromatic N) is 5. The Bertz CT molecular complexity index is 1140. The second-order valence-electron chi connectivity index (χ2n) is 5.90. The molecule has 1 aromatic carbocycles. The van der Waals surface area contributed by atoms with E-state index < -0.39 is 17.2 Å². The molecule has 0 spiro atoms. The van der Waals surface area contributed by atoms with E-state index in [0.29, 0.717) is 0 Å². The maximum absolute atomic E-state index is 12.3. The average molecular weight is 354 g/mol. The normalized spacial score (nSPS) is 11.3. The van der Waals surface area contributed by atoms with Crippen LogP contribution in [-0.4, -0.2) is 30.8 Å². The first-order chi connectivity index (χ1) is 12.4. The van der Waals surface area contributed by atoms with Crippen molar-refractivity contribution >= 4 is 23.3 Å². The number of carbonyl (C=O) groups excluding carboxylic acids is 1. The van der Waals surface area contributed by atoms with Crippen LogP contribution in [0.2, 0.25) is 0 Å². The van der Waals surface area contributed by atoms with Crippen molar-refractivity contribution in [1.29, 1.82) is 0 Å². The number of hydrogen-bond donors (Lipinski definition) is 1. The van der Waals surface area contributed by atoms with E-state index in [0.717, 1.165) is 15.7 Å². The lowest BCUT2D eigenvalue weighted by Gasteiger charge is -2.06. The smallest absolute Gasteiger partial charge is 0.315 e. The highest BCUT2D eigenvalue weighted by Crippen LogP contribution is 2.05. The molecule has 0 aliphatic carbocycles. The van der Waals surface area contributed by atoms with Crippen LogP contribution in [0, 0.1) is 6.92 Å². The van der Waals surface area contributed by atoms with Crippen LogP contribution < -0.4 is 16.7 Å². The van der Waals surface area contributed by atoms with Crippen LogP contribution in [0.5, 0.6) is 0 Å². The molecule has 9 heteroatoms. The fraction of sp³-hybridized carbons (Fsp3) is 0.235. The van der Waals surface area contributed by atoms with Crippen LogP contribution in [0.3, 0.4) is 0 Å². The molecule has 0 atom stereocenters. The standard InChI is InChI=1S/C17H18N6O3/c1-11-6-4-5-7-12(11)8-19-20-13(24)9-23-10-18-15-14(23)16(25)22(3)17(26)21(15)2/h4-8,10H,9H2,1-3H3,(H,20,24). The van der Waals surface area contributed by atoms with Crippen LogP contribution >= 0.6 is 0 Å². The lowest BCUT2D eigenvalue weighted by molar-refractivity contribution is -0.121. The molecule has 9 nitrogen and oxygen atoms in total. The Morgan fingerprint density at radius 3 is 2.69 bits per heavy atom. The third-order valence-electron chi connectivity index (χ3n) is 4.11. The highest BCUT2D eigenvalue weighted by Gasteiger charge is 2.15. The van der Waals surface area contributed by atoms with Gasteiger partial charge in [0, 0.05) is 14.1 Å². The van der Waals surface area contributed by atoms with Gasteiger partial charge in [-0.05, 0) is 18.1 Å². The zero-order chi connectivity index (χ0) is 18.8. The number of aryl methyl sites for hydroxylation is 2. The predicted molar refractivity (Wildman–Crippen MR) is 97.1 cm³/mol. The van der Waals surface area contributed by atoms with Crippen LogP contribution in [-0.2, 0) is 25.4 Å². The van der Waals surface area contributed by atoms with Crippen molar-refractivity contribution in [3.63, 3.8) is 0 Å². The molecule has 1 N–H and O–H groups in total. The van der Waals surface area contributed by atoms with Crippen molar-refractivity contribution in [3.05, 3.63) is 62.6 Å². The van der Waals surface area contributed by atoms with Gasteiger partial charge in [0.05, 0.1) is 12.5 Å². The molecule has 3 aromatic rings. The zero-order valence-corrected chi connectivity index (χ0v) is 14.6. The van der Waals surface area contributed by atoms with Crippen LogP contribution in [0.25, 0.3) is 11.2 Å². The number of rotatable bonds is 4. The van der Waals surface area contributed by atoms with E-state index in [-0.39, 0.29) is 17.7 Å². The van der Waals surface area contributed by atoms with E-state index in [9.17, 15) is 14.4 Å². The van der Waals surface area contributed by atoms with E-state index in [1.54, 1.807) is 6.21 Å². The minimum atomic E-state index is -0.503. The van der Waals surface area contributed by atoms with E-state index >= 15 is 0 Å². The van der Waals surface area contributed by atoms with Gasteiger partial charge < -0.3 is 4.57 Å². The van der Waals surface area contributed by atoms with Crippen molar-refractivity contribution in [1.82, 2.24) is 24.1 Å². The molecule has 134 valence electrons. The second-order valence-corrected chi connectivity index (χ2v) is 5.90. The highest BCUT2D eigenvalue weighted by atomic mass is 16.2. The van der Waals surface area contributed by atoms with Crippen LogP contribution in [0.4, 0.5) is 0 Å². The Hall–Kier alpha value is -3.49. The van der Waals surface area contributed by atoms with Crippen LogP contribution in [0.1, 0.15) is 11.1 Å². The van der Waals surface area contributed by atoms with Gasteiger partial charge in [-0.2, -0.15) is 5.10 Å². The van der Waals surface area contributed by atoms with E-state index in [1.807, 2.05) is 31.2 Å². The van der Waals surface area contributed by atoms with Crippen molar-refractivity contribution in [2.24, 2.45) is 19.2 Å². The number of hydrogen-bond acceptors (Lipinski definition) is 5. The summed E-state index contributed by atoms with van der Waals surface area (Å²) in [5, 5.41) is 3.94. The monoisotopic (exact) mass is 354 g/mol. The molecule has 2 heterocycles. The quantitative estimate of drug-likeness (QED) is 0.522. The average Bonchev–Trinajstić information content (AvgIpc) is 3.03. The van der Waals surface area contributed by atoms with Crippen LogP contribution in [0.15, 0.2) is 45.3 Å². The molecule has 0 bridgehead atoms. The van der Waals surface area contributed by atoms with Gasteiger partial charge in [-0.15, -0.1) is 0 Å². The summed E-state index contributed by atoms with van der Waals surface area (Å²) in [7, 11) is 2.90. The number of amides is 1. The second kappa shape index (κ2) is 6.79. The number of fused-ring (bicyclic) bond motifs is 1. The van der Waals surface area contributed by atoms with Gasteiger partial charge in [0.15, 0.2) is 11.2 Å². The molecular weight excluding hydrogens is 336 g/mol. The highest BCUT2D eigenvalue weighted by molar-refractivity contribution is 5.84. The van der Waals surface area contributed by atoms with E-state index in [1.165, 1.54) is 29.6 Å². The summed E-state index contributed by atoms with van der Waals surface area (Å²) in [6, 6.07) is 7.64. The summed E-state index contributed by atoms with van der Waals surface area (Å²) in [6.07, 6.45) is 2.91. The molecule has 0 aliphatic rings. The SMILES string of the molecule is Cc1ccccc1C=NNC(=O)Cn1cnc2c1c(=O)n(C)c(=O)n2C. The van der Waals surface area contributed by atoms with Gasteiger partial charge in [-0.3, -0.25) is 18.7 Å². The molecule has 2 aromatic heterocycles. The summed E-state index contributed by atoms with van der Waals surface area (Å²) in [6.45, 7) is 1.80. The lowest BCUT2D eigenvalue weighted by atomic mass is 10.1. The first-order valence-electron chi connectivity index (χ1n) is 7.88. The molecule has 0 saturated carbocycles. The Morgan fingerprint density at radius 1 is 1.23 bits per heavy atom. The van der Waals surface area contributed by atoms with Crippen molar-refractivity contribution in [3.8, 4) is 0 Å². The third-order valence-corrected chi connectivity index (χ3v) is 4.11. The molecule has 0 radical (unpaired) electrons. The minimum Gasteiger partial charge on any atom is -0.315 e. The summed E-state index contributed by atoms with van der Waals surface area (Å²) < 4.78 is 3.64. The number of imidazole rings is 1. The number of hydrazone groups is 1. The zero-order valence-electron chi connectivity index (χ0n) is 14.6. The Balaban J connectivity index is 1.81. The Morgan fingerprint density at radius 2 is 1.96 bits per heavy atom. The van der Waals surface area contributed by atoms with Gasteiger partial charge in [-0.1, -0.05) is 24.3 Å². The molecule has 3 rings (SSSR count). The molecule has 26 heavy (non-hydrogen) atoms. The first-order valence-corrected chi connectivity index (χ1v) is 7.88. The minimum absolute atomic E-state index is 0.144. The van der Waals surface area contributed by atoms with Crippen molar-refractivity contribution in [2.75, 3.05) is 0 Å². The first kappa shape index (κ1) is 17.3. The molecule has 0 saturated heterocycles. The summed E-state index contributed by atoms with van der Waals surface area (Å²) in [4.78, 5) is 40.4. The third kappa shape index (κ3) is 3.06. The molecule has 0 fully saturated rings. The number of benzene rings is 1. The summed E-state index contributed by atoms with van der Waals surface area (Å²) >= 11 is 0. The molecule has 0 aliphatic heterocycles. The van der Waals surface area contributed by atoms with Gasteiger partial charge in [0.25, 0.3) is 11.5 Å². The summed E-state index contributed by atoms with van der Waals surface area (Å²) in [5.74, 6) is -0.412. The maximum atomic E-state index is 12.3. The molecule has 0 unspecified atom stereocenters. The molecular formula is C17H18N6O3. The Kier molecular flexibility index (Phi) is 4.53. The maximum Gasteiger partial charge on any atom is 0.332 e. The molecule has 1 amide bonds. The lowest BCUT2D eigenvalue weighted by Crippen LogP contribution is -2.38. The number of nitrogens with one attached hydrogen (secondary N) is 1. The Labute approximate surface area is 148 Å². The largest absolute Gasteiger partial charge is 0.332 e. The van der Waals surface area contributed by atoms with Crippen molar-refractivity contribution in [2.45, 2.75) is 13.5 Å². The topological polar surface area (TPSA) is 103 Å². The van der Waals surface area contributed by atoms with Gasteiger partial charge >= 0.3 is 5.69 Å². The number of aromatic nitrogens is 4. The fourth-order valence-electron chi connectivity index (χ4n) is 2.61. The fourth-order valence-corrected chi connectivity index (χ4v) is 2.61.